The molecule has 4 aromatic rings. The van der Waals surface area contributed by atoms with Crippen molar-refractivity contribution in [1.29, 1.82) is 0 Å². The number of rotatable bonds is 5. The molecule has 1 aliphatic carbocycles. The van der Waals surface area contributed by atoms with Crippen LogP contribution in [0.4, 0.5) is 0 Å². The molecular weight excluding hydrogens is 388 g/mol. The van der Waals surface area contributed by atoms with Crippen molar-refractivity contribution < 1.29 is 0 Å². The standard InChI is InChI=1S/C25H28N4S/c1-26-30-21-12-13-25-22(14-21)23(24-16-28(2)17-27-24)15-29(25)20-10-8-19(9-11-20)18-6-4-3-5-7-18/h8-18,26H,3-7H2,1-2H3. The first-order chi connectivity index (χ1) is 14.7. The monoisotopic (exact) mass is 416 g/mol. The summed E-state index contributed by atoms with van der Waals surface area (Å²) in [4.78, 5) is 5.82. The second-order valence-corrected chi connectivity index (χ2v) is 9.33. The minimum atomic E-state index is 0.736. The lowest BCUT2D eigenvalue weighted by atomic mass is 9.84. The maximum absolute atomic E-state index is 4.62. The van der Waals surface area contributed by atoms with Crippen molar-refractivity contribution in [1.82, 2.24) is 18.8 Å². The fourth-order valence-corrected chi connectivity index (χ4v) is 5.25. The van der Waals surface area contributed by atoms with Gasteiger partial charge in [-0.2, -0.15) is 0 Å². The number of hydrogen-bond acceptors (Lipinski definition) is 3. The second kappa shape index (κ2) is 8.32. The van der Waals surface area contributed by atoms with E-state index in [9.17, 15) is 0 Å². The van der Waals surface area contributed by atoms with Gasteiger partial charge in [-0.15, -0.1) is 0 Å². The summed E-state index contributed by atoms with van der Waals surface area (Å²) >= 11 is 1.64. The van der Waals surface area contributed by atoms with Crippen LogP contribution in [-0.2, 0) is 7.05 Å². The molecule has 2 aromatic carbocycles. The molecule has 1 N–H and O–H groups in total. The molecule has 0 unspecified atom stereocenters. The van der Waals surface area contributed by atoms with Crippen molar-refractivity contribution >= 4 is 22.9 Å². The van der Waals surface area contributed by atoms with E-state index in [4.69, 9.17) is 0 Å². The van der Waals surface area contributed by atoms with Gasteiger partial charge in [0.25, 0.3) is 0 Å². The molecular formula is C25H28N4S. The minimum Gasteiger partial charge on any atom is -0.340 e. The predicted molar refractivity (Wildman–Crippen MR) is 126 cm³/mol. The summed E-state index contributed by atoms with van der Waals surface area (Å²) in [6.07, 6.45) is 13.0. The highest BCUT2D eigenvalue weighted by Crippen LogP contribution is 2.36. The smallest absolute Gasteiger partial charge is 0.0951 e. The van der Waals surface area contributed by atoms with Crippen molar-refractivity contribution in [3.8, 4) is 16.9 Å². The first kappa shape index (κ1) is 19.5. The third-order valence-corrected chi connectivity index (χ3v) is 6.92. The Morgan fingerprint density at radius 1 is 1.00 bits per heavy atom. The van der Waals surface area contributed by atoms with E-state index in [0.29, 0.717) is 0 Å². The van der Waals surface area contributed by atoms with Gasteiger partial charge in [-0.05, 0) is 73.7 Å². The normalized spacial score (nSPS) is 15.1. The maximum Gasteiger partial charge on any atom is 0.0951 e. The molecule has 0 saturated heterocycles. The van der Waals surface area contributed by atoms with E-state index in [0.717, 1.165) is 11.6 Å². The molecule has 1 aliphatic rings. The Morgan fingerprint density at radius 2 is 1.80 bits per heavy atom. The van der Waals surface area contributed by atoms with Gasteiger partial charge in [0.05, 0.1) is 17.5 Å². The Hall–Kier alpha value is -2.50. The van der Waals surface area contributed by atoms with Crippen LogP contribution in [0.15, 0.2) is 66.1 Å². The molecule has 1 saturated carbocycles. The third kappa shape index (κ3) is 3.68. The van der Waals surface area contributed by atoms with E-state index in [1.54, 1.807) is 11.9 Å². The van der Waals surface area contributed by atoms with Gasteiger partial charge in [-0.3, -0.25) is 4.72 Å². The van der Waals surface area contributed by atoms with Crippen molar-refractivity contribution in [2.75, 3.05) is 7.05 Å². The topological polar surface area (TPSA) is 34.8 Å². The summed E-state index contributed by atoms with van der Waals surface area (Å²) in [7, 11) is 3.97. The fourth-order valence-electron chi connectivity index (χ4n) is 4.70. The van der Waals surface area contributed by atoms with E-state index >= 15 is 0 Å². The molecule has 1 fully saturated rings. The molecule has 0 aliphatic heterocycles. The van der Waals surface area contributed by atoms with Crippen molar-refractivity contribution in [3.63, 3.8) is 0 Å². The molecule has 4 nitrogen and oxygen atoms in total. The summed E-state index contributed by atoms with van der Waals surface area (Å²) in [6, 6.07) is 15.9. The molecule has 2 heterocycles. The summed E-state index contributed by atoms with van der Waals surface area (Å²) < 4.78 is 7.49. The first-order valence-electron chi connectivity index (χ1n) is 10.8. The summed E-state index contributed by atoms with van der Waals surface area (Å²) in [5, 5.41) is 1.23. The van der Waals surface area contributed by atoms with Gasteiger partial charge in [0.15, 0.2) is 0 Å². The van der Waals surface area contributed by atoms with Gasteiger partial charge in [0.1, 0.15) is 0 Å². The number of hydrogen-bond donors (Lipinski definition) is 1. The van der Waals surface area contributed by atoms with Crippen molar-refractivity contribution in [2.24, 2.45) is 7.05 Å². The van der Waals surface area contributed by atoms with Crippen LogP contribution < -0.4 is 4.72 Å². The largest absolute Gasteiger partial charge is 0.340 e. The van der Waals surface area contributed by atoms with Crippen LogP contribution in [0, 0.1) is 0 Å². The summed E-state index contributed by atoms with van der Waals surface area (Å²) in [6.45, 7) is 0. The molecule has 0 radical (unpaired) electrons. The van der Waals surface area contributed by atoms with Crippen LogP contribution in [-0.4, -0.2) is 21.2 Å². The Labute approximate surface area is 182 Å². The predicted octanol–water partition coefficient (Wildman–Crippen LogP) is 6.31. The zero-order valence-corrected chi connectivity index (χ0v) is 18.5. The van der Waals surface area contributed by atoms with Gasteiger partial charge < -0.3 is 9.13 Å². The molecule has 0 spiro atoms. The van der Waals surface area contributed by atoms with Crippen molar-refractivity contribution in [3.05, 3.63) is 66.7 Å². The Balaban J connectivity index is 1.58. The first-order valence-corrected chi connectivity index (χ1v) is 11.6. The molecule has 2 aromatic heterocycles. The van der Waals surface area contributed by atoms with E-state index in [-0.39, 0.29) is 0 Å². The average molecular weight is 417 g/mol. The van der Waals surface area contributed by atoms with E-state index in [2.05, 4.69) is 69.1 Å². The number of imidazole rings is 1. The van der Waals surface area contributed by atoms with Gasteiger partial charge in [0, 0.05) is 41.0 Å². The van der Waals surface area contributed by atoms with Gasteiger partial charge in [-0.1, -0.05) is 31.4 Å². The van der Waals surface area contributed by atoms with Gasteiger partial charge in [0.2, 0.25) is 0 Å². The lowest BCUT2D eigenvalue weighted by Gasteiger charge is -2.22. The quantitative estimate of drug-likeness (QED) is 0.387. The molecule has 0 amide bonds. The van der Waals surface area contributed by atoms with Crippen LogP contribution in [0.25, 0.3) is 27.8 Å². The fraction of sp³-hybridized carbons (Fsp3) is 0.320. The highest BCUT2D eigenvalue weighted by atomic mass is 32.2. The number of fused-ring (bicyclic) bond motifs is 1. The van der Waals surface area contributed by atoms with Crippen LogP contribution in [0.1, 0.15) is 43.6 Å². The number of nitrogens with one attached hydrogen (secondary N) is 1. The van der Waals surface area contributed by atoms with Crippen LogP contribution >= 0.6 is 11.9 Å². The summed E-state index contributed by atoms with van der Waals surface area (Å²) in [5.41, 5.74) is 6.08. The molecule has 154 valence electrons. The maximum atomic E-state index is 4.62. The lowest BCUT2D eigenvalue weighted by molar-refractivity contribution is 0.443. The van der Waals surface area contributed by atoms with Crippen molar-refractivity contribution in [2.45, 2.75) is 42.9 Å². The number of nitrogens with zero attached hydrogens (tertiary/aromatic N) is 3. The lowest BCUT2D eigenvalue weighted by Crippen LogP contribution is -2.04. The molecule has 30 heavy (non-hydrogen) atoms. The summed E-state index contributed by atoms with van der Waals surface area (Å²) in [5.74, 6) is 0.736. The molecule has 0 atom stereocenters. The Kier molecular flexibility index (Phi) is 5.40. The van der Waals surface area contributed by atoms with Crippen LogP contribution in [0.3, 0.4) is 0 Å². The zero-order chi connectivity index (χ0) is 20.5. The average Bonchev–Trinajstić information content (AvgIpc) is 3.38. The van der Waals surface area contributed by atoms with Crippen LogP contribution in [0.2, 0.25) is 0 Å². The zero-order valence-electron chi connectivity index (χ0n) is 17.6. The van der Waals surface area contributed by atoms with E-state index < -0.39 is 0 Å². The minimum absolute atomic E-state index is 0.736. The molecule has 0 bridgehead atoms. The van der Waals surface area contributed by atoms with E-state index in [1.807, 2.05) is 25.0 Å². The number of aryl methyl sites for hydroxylation is 1. The highest BCUT2D eigenvalue weighted by Gasteiger charge is 2.17. The number of benzene rings is 2. The number of aromatic nitrogens is 3. The third-order valence-electron chi connectivity index (χ3n) is 6.22. The van der Waals surface area contributed by atoms with Gasteiger partial charge >= 0.3 is 0 Å². The second-order valence-electron chi connectivity index (χ2n) is 8.25. The molecule has 5 rings (SSSR count). The highest BCUT2D eigenvalue weighted by molar-refractivity contribution is 7.97. The molecule has 5 heteroatoms. The van der Waals surface area contributed by atoms with Gasteiger partial charge in [-0.25, -0.2) is 4.98 Å². The van der Waals surface area contributed by atoms with E-state index in [1.165, 1.54) is 64.7 Å². The Bertz CT molecular complexity index is 1150. The SMILES string of the molecule is CNSc1ccc2c(c1)c(-c1cn(C)cn1)cn2-c1ccc(C2CCCCC2)cc1. The Morgan fingerprint density at radius 3 is 2.50 bits per heavy atom. The van der Waals surface area contributed by atoms with Crippen LogP contribution in [0.5, 0.6) is 0 Å².